The Bertz CT molecular complexity index is 671. The third-order valence-electron chi connectivity index (χ3n) is 5.56. The van der Waals surface area contributed by atoms with Crippen LogP contribution in [0.2, 0.25) is 0 Å². The third-order valence-corrected chi connectivity index (χ3v) is 6.90. The summed E-state index contributed by atoms with van der Waals surface area (Å²) in [7, 11) is 0. The van der Waals surface area contributed by atoms with Gasteiger partial charge in [-0.05, 0) is 13.3 Å². The topological polar surface area (TPSA) is 119 Å². The molecule has 6 atom stereocenters. The van der Waals surface area contributed by atoms with E-state index < -0.39 is 18.0 Å². The molecule has 4 rings (SSSR count). The lowest BCUT2D eigenvalue weighted by Gasteiger charge is -2.44. The molecule has 0 spiro atoms. The van der Waals surface area contributed by atoms with Crippen molar-refractivity contribution in [3.05, 3.63) is 10.6 Å². The van der Waals surface area contributed by atoms with E-state index in [1.165, 1.54) is 16.7 Å². The number of thioether (sulfide) groups is 1. The van der Waals surface area contributed by atoms with Crippen LogP contribution in [0, 0.1) is 5.92 Å². The lowest BCUT2D eigenvalue weighted by Crippen LogP contribution is -2.61. The molecule has 0 aromatic carbocycles. The maximum Gasteiger partial charge on any atom is 0.353 e. The Morgan fingerprint density at radius 2 is 2.04 bits per heavy atom. The van der Waals surface area contributed by atoms with Gasteiger partial charge in [-0.25, -0.2) is 4.79 Å². The summed E-state index contributed by atoms with van der Waals surface area (Å²) >= 11 is 1.52. The molecule has 0 aromatic heterocycles. The molecule has 8 nitrogen and oxygen atoms in total. The van der Waals surface area contributed by atoms with Crippen LogP contribution in [-0.2, 0) is 14.4 Å². The Balaban J connectivity index is 1.44. The number of carbonyl (C=O) groups excluding carboxylic acids is 2. The number of carbonyl (C=O) groups is 3. The van der Waals surface area contributed by atoms with Crippen molar-refractivity contribution >= 4 is 29.5 Å². The zero-order valence-electron chi connectivity index (χ0n) is 13.8. The Labute approximate surface area is 149 Å². The summed E-state index contributed by atoms with van der Waals surface area (Å²) in [4.78, 5) is 37.0. The summed E-state index contributed by atoms with van der Waals surface area (Å²) in [6, 6.07) is 0.141. The van der Waals surface area contributed by atoms with Crippen molar-refractivity contribution in [2.75, 3.05) is 6.54 Å². The van der Waals surface area contributed by atoms with Crippen molar-refractivity contribution in [2.45, 2.75) is 55.7 Å². The van der Waals surface area contributed by atoms with E-state index in [2.05, 4.69) is 10.6 Å². The molecule has 0 radical (unpaired) electrons. The predicted molar refractivity (Wildman–Crippen MR) is 89.4 cm³/mol. The first-order chi connectivity index (χ1) is 11.9. The van der Waals surface area contributed by atoms with Crippen LogP contribution in [-0.4, -0.2) is 68.9 Å². The number of hydrogen-bond donors (Lipinski definition) is 4. The highest BCUT2D eigenvalue weighted by Crippen LogP contribution is 2.48. The standard InChI is InChI=1S/C16H21N3O5S/c1-6(20)13-10-4-11(14(16(23)24)19(10)15(13)22)25-7-2-8(17-5-7)9-3-12(21)18-9/h6-10,13,17,20H,2-5H2,1H3,(H,18,21)(H,23,24)/t6-,7+,8+,9?,10-,13-/m1/s1. The van der Waals surface area contributed by atoms with Gasteiger partial charge < -0.3 is 25.7 Å². The maximum atomic E-state index is 12.2. The van der Waals surface area contributed by atoms with E-state index in [4.69, 9.17) is 0 Å². The minimum absolute atomic E-state index is 0.0709. The fourth-order valence-corrected chi connectivity index (χ4v) is 5.74. The monoisotopic (exact) mass is 367 g/mol. The van der Waals surface area contributed by atoms with Crippen LogP contribution in [0.15, 0.2) is 10.6 Å². The number of aliphatic carboxylic acids is 1. The van der Waals surface area contributed by atoms with E-state index in [0.717, 1.165) is 17.9 Å². The number of hydrogen-bond acceptors (Lipinski definition) is 6. The van der Waals surface area contributed by atoms with Gasteiger partial charge in [-0.15, -0.1) is 11.8 Å². The summed E-state index contributed by atoms with van der Waals surface area (Å²) in [5, 5.41) is 25.8. The molecule has 136 valence electrons. The number of carboxylic acids is 1. The fraction of sp³-hybridized carbons (Fsp3) is 0.688. The van der Waals surface area contributed by atoms with Crippen LogP contribution in [0.4, 0.5) is 0 Å². The molecular weight excluding hydrogens is 346 g/mol. The number of β-lactam (4-membered cyclic amide) rings is 2. The lowest BCUT2D eigenvalue weighted by molar-refractivity contribution is -0.161. The number of nitrogens with one attached hydrogen (secondary N) is 2. The smallest absolute Gasteiger partial charge is 0.353 e. The minimum Gasteiger partial charge on any atom is -0.477 e. The molecule has 4 aliphatic rings. The molecule has 4 N–H and O–H groups in total. The normalized spacial score (nSPS) is 38.2. The van der Waals surface area contributed by atoms with Crippen LogP contribution in [0.25, 0.3) is 0 Å². The summed E-state index contributed by atoms with van der Waals surface area (Å²) in [6.45, 7) is 2.32. The zero-order chi connectivity index (χ0) is 17.9. The number of carboxylic acid groups (broad SMARTS) is 1. The van der Waals surface area contributed by atoms with Gasteiger partial charge >= 0.3 is 5.97 Å². The first-order valence-electron chi connectivity index (χ1n) is 8.53. The van der Waals surface area contributed by atoms with Crippen molar-refractivity contribution in [1.29, 1.82) is 0 Å². The van der Waals surface area contributed by atoms with Gasteiger partial charge in [0.25, 0.3) is 0 Å². The van der Waals surface area contributed by atoms with Crippen molar-refractivity contribution in [1.82, 2.24) is 15.5 Å². The molecule has 3 fully saturated rings. The maximum absolute atomic E-state index is 12.2. The second-order valence-electron chi connectivity index (χ2n) is 7.19. The van der Waals surface area contributed by atoms with Gasteiger partial charge in [0.15, 0.2) is 0 Å². The predicted octanol–water partition coefficient (Wildman–Crippen LogP) is -0.754. The molecule has 4 aliphatic heterocycles. The summed E-state index contributed by atoms with van der Waals surface area (Å²) in [5.74, 6) is -1.82. The van der Waals surface area contributed by atoms with Crippen LogP contribution in [0.1, 0.15) is 26.2 Å². The van der Waals surface area contributed by atoms with Gasteiger partial charge in [-0.1, -0.05) is 0 Å². The van der Waals surface area contributed by atoms with Crippen molar-refractivity contribution in [2.24, 2.45) is 5.92 Å². The second kappa shape index (κ2) is 6.00. The van der Waals surface area contributed by atoms with Crippen molar-refractivity contribution in [3.63, 3.8) is 0 Å². The first-order valence-corrected chi connectivity index (χ1v) is 9.41. The van der Waals surface area contributed by atoms with Gasteiger partial charge in [0.05, 0.1) is 24.1 Å². The first kappa shape index (κ1) is 16.9. The summed E-state index contributed by atoms with van der Waals surface area (Å²) in [5.41, 5.74) is 0.0808. The van der Waals surface area contributed by atoms with E-state index >= 15 is 0 Å². The number of amides is 2. The average molecular weight is 367 g/mol. The van der Waals surface area contributed by atoms with Crippen LogP contribution in [0.3, 0.4) is 0 Å². The quantitative estimate of drug-likeness (QED) is 0.472. The molecule has 0 aromatic rings. The molecule has 1 unspecified atom stereocenters. The van der Waals surface area contributed by atoms with Gasteiger partial charge in [0.2, 0.25) is 11.8 Å². The highest BCUT2D eigenvalue weighted by molar-refractivity contribution is 8.03. The minimum atomic E-state index is -1.09. The highest BCUT2D eigenvalue weighted by atomic mass is 32.2. The van der Waals surface area contributed by atoms with E-state index in [1.54, 1.807) is 6.92 Å². The Hall–Kier alpha value is -1.58. The lowest BCUT2D eigenvalue weighted by atomic mass is 9.83. The highest BCUT2D eigenvalue weighted by Gasteiger charge is 2.57. The molecule has 3 saturated heterocycles. The zero-order valence-corrected chi connectivity index (χ0v) is 14.6. The van der Waals surface area contributed by atoms with Crippen LogP contribution >= 0.6 is 11.8 Å². The number of fused-ring (bicyclic) bond motifs is 1. The molecule has 4 heterocycles. The second-order valence-corrected chi connectivity index (χ2v) is 8.59. The van der Waals surface area contributed by atoms with Gasteiger partial charge in [-0.2, -0.15) is 0 Å². The van der Waals surface area contributed by atoms with Gasteiger partial charge in [0, 0.05) is 35.6 Å². The SMILES string of the molecule is C[C@@H](O)[C@H]1C(=O)N2C(C(=O)O)=C(S[C@@H]3CN[C@H](C4CC(=O)N4)C3)C[C@H]12. The Morgan fingerprint density at radius 3 is 2.64 bits per heavy atom. The van der Waals surface area contributed by atoms with Crippen LogP contribution < -0.4 is 10.6 Å². The van der Waals surface area contributed by atoms with E-state index in [1.807, 2.05) is 0 Å². The van der Waals surface area contributed by atoms with Gasteiger partial charge in [0.1, 0.15) is 5.70 Å². The van der Waals surface area contributed by atoms with E-state index in [9.17, 15) is 24.6 Å². The third kappa shape index (κ3) is 2.65. The number of aliphatic hydroxyl groups excluding tert-OH is 1. The number of nitrogens with zero attached hydrogens (tertiary/aromatic N) is 1. The van der Waals surface area contributed by atoms with Crippen molar-refractivity contribution < 1.29 is 24.6 Å². The number of aliphatic hydroxyl groups is 1. The van der Waals surface area contributed by atoms with Crippen LogP contribution in [0.5, 0.6) is 0 Å². The average Bonchev–Trinajstić information content (AvgIpc) is 3.07. The van der Waals surface area contributed by atoms with E-state index in [-0.39, 0.29) is 40.9 Å². The molecule has 0 aliphatic carbocycles. The molecule has 2 amide bonds. The largest absolute Gasteiger partial charge is 0.477 e. The summed E-state index contributed by atoms with van der Waals surface area (Å²) < 4.78 is 0. The molecule has 9 heteroatoms. The number of rotatable bonds is 5. The Kier molecular flexibility index (Phi) is 4.04. The summed E-state index contributed by atoms with van der Waals surface area (Å²) in [6.07, 6.45) is 1.12. The van der Waals surface area contributed by atoms with Gasteiger partial charge in [-0.3, -0.25) is 9.59 Å². The molecule has 25 heavy (non-hydrogen) atoms. The van der Waals surface area contributed by atoms with E-state index in [0.29, 0.717) is 12.8 Å². The fourth-order valence-electron chi connectivity index (χ4n) is 4.29. The molecule has 0 bridgehead atoms. The Morgan fingerprint density at radius 1 is 1.32 bits per heavy atom. The molecular formula is C16H21N3O5S. The molecule has 0 saturated carbocycles. The van der Waals surface area contributed by atoms with Crippen molar-refractivity contribution in [3.8, 4) is 0 Å².